The molecule has 0 radical (unpaired) electrons. The van der Waals surface area contributed by atoms with Crippen LogP contribution in [0.2, 0.25) is 0 Å². The van der Waals surface area contributed by atoms with Crippen LogP contribution in [0.3, 0.4) is 0 Å². The third-order valence-electron chi connectivity index (χ3n) is 9.62. The van der Waals surface area contributed by atoms with Crippen molar-refractivity contribution in [3.63, 3.8) is 0 Å². The summed E-state index contributed by atoms with van der Waals surface area (Å²) in [4.78, 5) is 0. The van der Waals surface area contributed by atoms with E-state index in [9.17, 15) is 0 Å². The van der Waals surface area contributed by atoms with Crippen molar-refractivity contribution in [3.8, 4) is 0 Å². The molecule has 0 heteroatoms. The van der Waals surface area contributed by atoms with Gasteiger partial charge in [-0.05, 0) is 90.0 Å². The quantitative estimate of drug-likeness (QED) is 0.388. The van der Waals surface area contributed by atoms with Crippen LogP contribution < -0.4 is 0 Å². The summed E-state index contributed by atoms with van der Waals surface area (Å²) in [6.45, 7) is 2.51. The van der Waals surface area contributed by atoms with Crippen molar-refractivity contribution in [1.82, 2.24) is 0 Å². The summed E-state index contributed by atoms with van der Waals surface area (Å²) in [6.07, 6.45) is 24.3. The molecule has 3 fully saturated rings. The minimum atomic E-state index is 0.601. The maximum atomic E-state index is 2.64. The van der Waals surface area contributed by atoms with Crippen LogP contribution in [0.5, 0.6) is 0 Å². The molecule has 0 aliphatic heterocycles. The van der Waals surface area contributed by atoms with Crippen molar-refractivity contribution in [3.05, 3.63) is 70.3 Å². The molecule has 1 unspecified atom stereocenters. The molecule has 3 aliphatic rings. The Morgan fingerprint density at radius 2 is 1.24 bits per heavy atom. The summed E-state index contributed by atoms with van der Waals surface area (Å²) in [6, 6.07) is 16.5. The average Bonchev–Trinajstić information content (AvgIpc) is 2.90. The van der Waals surface area contributed by atoms with Crippen molar-refractivity contribution in [1.29, 1.82) is 0 Å². The van der Waals surface area contributed by atoms with Crippen molar-refractivity contribution >= 4 is 0 Å². The lowest BCUT2D eigenvalue weighted by atomic mass is 9.70. The van der Waals surface area contributed by atoms with E-state index in [4.69, 9.17) is 0 Å². The van der Waals surface area contributed by atoms with Gasteiger partial charge in [0.15, 0.2) is 0 Å². The third-order valence-corrected chi connectivity index (χ3v) is 9.62. The summed E-state index contributed by atoms with van der Waals surface area (Å²) in [5.41, 5.74) is 8.72. The van der Waals surface area contributed by atoms with E-state index in [1.807, 2.05) is 11.1 Å². The molecule has 1 atom stereocenters. The van der Waals surface area contributed by atoms with E-state index < -0.39 is 0 Å². The van der Waals surface area contributed by atoms with Gasteiger partial charge < -0.3 is 0 Å². The molecule has 34 heavy (non-hydrogen) atoms. The summed E-state index contributed by atoms with van der Waals surface area (Å²) in [5.74, 6) is 3.17. The van der Waals surface area contributed by atoms with Gasteiger partial charge in [0.2, 0.25) is 0 Å². The minimum absolute atomic E-state index is 0.601. The third kappa shape index (κ3) is 5.80. The molecule has 0 aromatic heterocycles. The molecule has 5 rings (SSSR count). The molecule has 0 bridgehead atoms. The van der Waals surface area contributed by atoms with Gasteiger partial charge in [0.1, 0.15) is 0 Å². The van der Waals surface area contributed by atoms with Gasteiger partial charge in [-0.25, -0.2) is 0 Å². The first-order chi connectivity index (χ1) is 16.8. The van der Waals surface area contributed by atoms with E-state index >= 15 is 0 Å². The molecular formula is C34H48. The molecule has 0 N–H and O–H groups in total. The maximum absolute atomic E-state index is 2.64. The fraction of sp³-hybridized carbons (Fsp3) is 0.647. The highest BCUT2D eigenvalue weighted by Crippen LogP contribution is 2.46. The van der Waals surface area contributed by atoms with Gasteiger partial charge >= 0.3 is 0 Å². The van der Waals surface area contributed by atoms with E-state index in [0.717, 1.165) is 17.8 Å². The van der Waals surface area contributed by atoms with Crippen molar-refractivity contribution in [2.24, 2.45) is 5.92 Å². The van der Waals surface area contributed by atoms with E-state index in [0.29, 0.717) is 5.92 Å². The van der Waals surface area contributed by atoms with E-state index in [1.165, 1.54) is 115 Å². The normalized spacial score (nSPS) is 22.0. The van der Waals surface area contributed by atoms with E-state index in [1.54, 1.807) is 11.1 Å². The first kappa shape index (κ1) is 24.1. The van der Waals surface area contributed by atoms with Gasteiger partial charge in [-0.15, -0.1) is 0 Å². The van der Waals surface area contributed by atoms with Gasteiger partial charge in [0.25, 0.3) is 0 Å². The molecule has 0 spiro atoms. The Morgan fingerprint density at radius 1 is 0.647 bits per heavy atom. The molecule has 2 aromatic carbocycles. The molecule has 0 saturated heterocycles. The molecule has 0 amide bonds. The molecule has 3 saturated carbocycles. The van der Waals surface area contributed by atoms with Crippen LogP contribution in [0.4, 0.5) is 0 Å². The molecule has 3 aliphatic carbocycles. The van der Waals surface area contributed by atoms with Crippen LogP contribution in [0, 0.1) is 5.92 Å². The van der Waals surface area contributed by atoms with Gasteiger partial charge in [-0.2, -0.15) is 0 Å². The van der Waals surface area contributed by atoms with Gasteiger partial charge in [-0.3, -0.25) is 0 Å². The maximum Gasteiger partial charge on any atom is -0.0147 e. The Morgan fingerprint density at radius 3 is 1.88 bits per heavy atom. The lowest BCUT2D eigenvalue weighted by Gasteiger charge is -2.35. The van der Waals surface area contributed by atoms with Crippen LogP contribution in [-0.4, -0.2) is 0 Å². The molecule has 0 heterocycles. The van der Waals surface area contributed by atoms with Crippen LogP contribution in [0.15, 0.2) is 42.5 Å². The zero-order valence-corrected chi connectivity index (χ0v) is 21.9. The second kappa shape index (κ2) is 11.9. The second-order valence-corrected chi connectivity index (χ2v) is 12.1. The van der Waals surface area contributed by atoms with E-state index in [2.05, 4.69) is 49.4 Å². The van der Waals surface area contributed by atoms with Crippen LogP contribution >= 0.6 is 0 Å². The Hall–Kier alpha value is -1.56. The fourth-order valence-electron chi connectivity index (χ4n) is 7.79. The Kier molecular flexibility index (Phi) is 8.46. The van der Waals surface area contributed by atoms with Gasteiger partial charge in [-0.1, -0.05) is 120 Å². The van der Waals surface area contributed by atoms with Crippen LogP contribution in [0.25, 0.3) is 0 Å². The Labute approximate surface area is 209 Å². The molecular weight excluding hydrogens is 408 g/mol. The van der Waals surface area contributed by atoms with Crippen molar-refractivity contribution < 1.29 is 0 Å². The minimum Gasteiger partial charge on any atom is -0.0622 e. The topological polar surface area (TPSA) is 0 Å². The molecule has 184 valence electrons. The number of benzene rings is 2. The zero-order valence-electron chi connectivity index (χ0n) is 21.9. The molecule has 2 aromatic rings. The van der Waals surface area contributed by atoms with Crippen molar-refractivity contribution in [2.75, 3.05) is 0 Å². The fourth-order valence-corrected chi connectivity index (χ4v) is 7.79. The first-order valence-corrected chi connectivity index (χ1v) is 15.0. The zero-order chi connectivity index (χ0) is 23.2. The first-order valence-electron chi connectivity index (χ1n) is 15.0. The molecule has 0 nitrogen and oxygen atoms in total. The lowest BCUT2D eigenvalue weighted by molar-refractivity contribution is 0.352. The SMILES string of the molecule is CC(Cc1ccccc1)c1ccc(C2CCCCC2)c(C2CCCCC2)c1CC1CCCCC1. The second-order valence-electron chi connectivity index (χ2n) is 12.1. The largest absolute Gasteiger partial charge is 0.0622 e. The summed E-state index contributed by atoms with van der Waals surface area (Å²) in [7, 11) is 0. The predicted octanol–water partition coefficient (Wildman–Crippen LogP) is 10.3. The highest BCUT2D eigenvalue weighted by atomic mass is 14.3. The monoisotopic (exact) mass is 456 g/mol. The van der Waals surface area contributed by atoms with Crippen LogP contribution in [-0.2, 0) is 12.8 Å². The van der Waals surface area contributed by atoms with Gasteiger partial charge in [0.05, 0.1) is 0 Å². The average molecular weight is 457 g/mol. The lowest BCUT2D eigenvalue weighted by Crippen LogP contribution is -2.20. The Bertz CT molecular complexity index is 876. The number of hydrogen-bond acceptors (Lipinski definition) is 0. The number of hydrogen-bond donors (Lipinski definition) is 0. The highest BCUT2D eigenvalue weighted by Gasteiger charge is 2.30. The summed E-state index contributed by atoms with van der Waals surface area (Å²) >= 11 is 0. The smallest absolute Gasteiger partial charge is 0.0147 e. The Balaban J connectivity index is 1.56. The summed E-state index contributed by atoms with van der Waals surface area (Å²) < 4.78 is 0. The van der Waals surface area contributed by atoms with E-state index in [-0.39, 0.29) is 0 Å². The van der Waals surface area contributed by atoms with Crippen LogP contribution in [0.1, 0.15) is 149 Å². The number of rotatable bonds is 7. The van der Waals surface area contributed by atoms with Gasteiger partial charge in [0, 0.05) is 0 Å². The standard InChI is InChI=1S/C34H48/c1-26(24-27-14-6-2-7-15-27)31-22-23-32(29-18-10-4-11-19-29)34(30-20-12-5-13-21-30)33(31)25-28-16-8-3-9-17-28/h2,6-7,14-15,22-23,26,28-30H,3-5,8-13,16-21,24-25H2,1H3. The highest BCUT2D eigenvalue weighted by molar-refractivity contribution is 5.47. The summed E-state index contributed by atoms with van der Waals surface area (Å²) in [5, 5.41) is 0. The van der Waals surface area contributed by atoms with Crippen molar-refractivity contribution in [2.45, 2.75) is 134 Å². The predicted molar refractivity (Wildman–Crippen MR) is 147 cm³/mol.